The first-order valence-corrected chi connectivity index (χ1v) is 14.0. The van der Waals surface area contributed by atoms with Crippen LogP contribution in [0.15, 0.2) is 42.5 Å². The molecule has 1 atom stereocenters. The normalized spacial score (nSPS) is 12.8. The molecule has 0 spiro atoms. The maximum atomic E-state index is 11.4. The number of fused-ring (bicyclic) bond motifs is 2. The third-order valence-electron chi connectivity index (χ3n) is 6.89. The SMILES string of the molecule is CCCCCCCN(CCCCCCC)CC(O)c1ccc(Cl)c2cc3cccc(Cl)c3cc12. The molecule has 0 amide bonds. The lowest BCUT2D eigenvalue weighted by atomic mass is 9.96. The van der Waals surface area contributed by atoms with Crippen molar-refractivity contribution in [3.63, 3.8) is 0 Å². The van der Waals surface area contributed by atoms with E-state index in [9.17, 15) is 5.11 Å². The number of hydrogen-bond donors (Lipinski definition) is 1. The van der Waals surface area contributed by atoms with Crippen LogP contribution >= 0.6 is 23.2 Å². The van der Waals surface area contributed by atoms with Crippen molar-refractivity contribution in [2.24, 2.45) is 0 Å². The molecular weight excluding hydrogens is 461 g/mol. The van der Waals surface area contributed by atoms with Gasteiger partial charge < -0.3 is 10.0 Å². The molecule has 0 aliphatic heterocycles. The van der Waals surface area contributed by atoms with E-state index in [-0.39, 0.29) is 0 Å². The Kier molecular flexibility index (Phi) is 11.5. The van der Waals surface area contributed by atoms with Gasteiger partial charge in [-0.15, -0.1) is 0 Å². The first-order chi connectivity index (χ1) is 16.5. The molecule has 186 valence electrons. The standard InChI is InChI=1S/C30H41Cl2NO/c1-3-5-7-9-11-18-33(19-12-10-8-6-4-2)22-30(34)24-16-17-29(32)27-20-23-14-13-15-28(31)25(23)21-26(24)27/h13-17,20-21,30,34H,3-12,18-19,22H2,1-2H3. The molecule has 0 aliphatic rings. The zero-order valence-electron chi connectivity index (χ0n) is 21.0. The molecule has 4 heteroatoms. The second-order valence-corrected chi connectivity index (χ2v) is 10.5. The molecule has 1 unspecified atom stereocenters. The lowest BCUT2D eigenvalue weighted by Crippen LogP contribution is -2.31. The Labute approximate surface area is 216 Å². The number of aliphatic hydroxyl groups excluding tert-OH is 1. The fraction of sp³-hybridized carbons (Fsp3) is 0.533. The summed E-state index contributed by atoms with van der Waals surface area (Å²) in [5, 5.41) is 16.8. The maximum Gasteiger partial charge on any atom is 0.0922 e. The van der Waals surface area contributed by atoms with Gasteiger partial charge in [0.2, 0.25) is 0 Å². The second-order valence-electron chi connectivity index (χ2n) is 9.64. The number of nitrogens with zero attached hydrogens (tertiary/aromatic N) is 1. The van der Waals surface area contributed by atoms with Gasteiger partial charge in [0.15, 0.2) is 0 Å². The van der Waals surface area contributed by atoms with Crippen molar-refractivity contribution >= 4 is 44.7 Å². The van der Waals surface area contributed by atoms with Gasteiger partial charge in [-0.3, -0.25) is 0 Å². The van der Waals surface area contributed by atoms with Crippen molar-refractivity contribution in [2.45, 2.75) is 84.2 Å². The molecule has 3 aromatic carbocycles. The van der Waals surface area contributed by atoms with Crippen molar-refractivity contribution in [1.82, 2.24) is 4.90 Å². The second kappa shape index (κ2) is 14.3. The van der Waals surface area contributed by atoms with Crippen LogP contribution in [0.1, 0.15) is 89.7 Å². The van der Waals surface area contributed by atoms with E-state index in [1.54, 1.807) is 0 Å². The van der Waals surface area contributed by atoms with Gasteiger partial charge >= 0.3 is 0 Å². The molecule has 0 aromatic heterocycles. The third-order valence-corrected chi connectivity index (χ3v) is 7.55. The Morgan fingerprint density at radius 3 is 1.97 bits per heavy atom. The summed E-state index contributed by atoms with van der Waals surface area (Å²) < 4.78 is 0. The smallest absolute Gasteiger partial charge is 0.0922 e. The number of benzene rings is 3. The Morgan fingerprint density at radius 2 is 1.32 bits per heavy atom. The molecular formula is C30H41Cl2NO. The van der Waals surface area contributed by atoms with Gasteiger partial charge in [0.1, 0.15) is 0 Å². The average molecular weight is 503 g/mol. The summed E-state index contributed by atoms with van der Waals surface area (Å²) in [6, 6.07) is 14.0. The van der Waals surface area contributed by atoms with Gasteiger partial charge in [-0.2, -0.15) is 0 Å². The van der Waals surface area contributed by atoms with Crippen molar-refractivity contribution in [1.29, 1.82) is 0 Å². The zero-order valence-corrected chi connectivity index (χ0v) is 22.5. The Balaban J connectivity index is 1.78. The monoisotopic (exact) mass is 501 g/mol. The highest BCUT2D eigenvalue weighted by molar-refractivity contribution is 6.38. The van der Waals surface area contributed by atoms with Crippen molar-refractivity contribution in [3.05, 3.63) is 58.1 Å². The van der Waals surface area contributed by atoms with E-state index in [2.05, 4.69) is 36.9 Å². The van der Waals surface area contributed by atoms with Gasteiger partial charge in [-0.1, -0.05) is 107 Å². The number of unbranched alkanes of at least 4 members (excludes halogenated alkanes) is 8. The summed E-state index contributed by atoms with van der Waals surface area (Å²) in [6.45, 7) is 7.26. The predicted octanol–water partition coefficient (Wildman–Crippen LogP) is 9.58. The maximum absolute atomic E-state index is 11.4. The van der Waals surface area contributed by atoms with Crippen LogP contribution in [0.25, 0.3) is 21.5 Å². The van der Waals surface area contributed by atoms with Gasteiger partial charge in [-0.25, -0.2) is 0 Å². The van der Waals surface area contributed by atoms with Crippen LogP contribution in [0.3, 0.4) is 0 Å². The number of rotatable bonds is 15. The molecule has 0 saturated carbocycles. The minimum absolute atomic E-state index is 0.564. The molecule has 0 radical (unpaired) electrons. The fourth-order valence-corrected chi connectivity index (χ4v) is 5.33. The van der Waals surface area contributed by atoms with E-state index in [0.29, 0.717) is 11.6 Å². The van der Waals surface area contributed by atoms with E-state index >= 15 is 0 Å². The molecule has 0 aliphatic carbocycles. The van der Waals surface area contributed by atoms with E-state index in [1.807, 2.05) is 24.3 Å². The van der Waals surface area contributed by atoms with Crippen molar-refractivity contribution in [2.75, 3.05) is 19.6 Å². The van der Waals surface area contributed by atoms with Crippen LogP contribution in [0, 0.1) is 0 Å². The van der Waals surface area contributed by atoms with Gasteiger partial charge in [0.25, 0.3) is 0 Å². The number of hydrogen-bond acceptors (Lipinski definition) is 2. The molecule has 0 heterocycles. The van der Waals surface area contributed by atoms with E-state index in [4.69, 9.17) is 23.2 Å². The van der Waals surface area contributed by atoms with Gasteiger partial charge in [0, 0.05) is 27.4 Å². The summed E-state index contributed by atoms with van der Waals surface area (Å²) in [5.41, 5.74) is 0.934. The van der Waals surface area contributed by atoms with Crippen molar-refractivity contribution in [3.8, 4) is 0 Å². The minimum atomic E-state index is -0.564. The van der Waals surface area contributed by atoms with Crippen molar-refractivity contribution < 1.29 is 5.11 Å². The molecule has 34 heavy (non-hydrogen) atoms. The molecule has 0 saturated heterocycles. The van der Waals surface area contributed by atoms with E-state index < -0.39 is 6.10 Å². The zero-order chi connectivity index (χ0) is 24.3. The third kappa shape index (κ3) is 7.59. The van der Waals surface area contributed by atoms with Crippen LogP contribution < -0.4 is 0 Å². The highest BCUT2D eigenvalue weighted by Gasteiger charge is 2.18. The van der Waals surface area contributed by atoms with E-state index in [1.165, 1.54) is 64.2 Å². The van der Waals surface area contributed by atoms with Gasteiger partial charge in [-0.05, 0) is 66.5 Å². The highest BCUT2D eigenvalue weighted by atomic mass is 35.5. The molecule has 3 rings (SSSR count). The molecule has 0 fully saturated rings. The minimum Gasteiger partial charge on any atom is -0.387 e. The summed E-state index contributed by atoms with van der Waals surface area (Å²) in [4.78, 5) is 2.47. The Hall–Kier alpha value is -1.32. The largest absolute Gasteiger partial charge is 0.387 e. The summed E-state index contributed by atoms with van der Waals surface area (Å²) in [7, 11) is 0. The average Bonchev–Trinajstić information content (AvgIpc) is 2.83. The Bertz CT molecular complexity index is 1020. The highest BCUT2D eigenvalue weighted by Crippen LogP contribution is 2.36. The predicted molar refractivity (Wildman–Crippen MR) is 150 cm³/mol. The molecule has 1 N–H and O–H groups in total. The van der Waals surface area contributed by atoms with Crippen LogP contribution in [0.2, 0.25) is 10.0 Å². The van der Waals surface area contributed by atoms with Crippen LogP contribution in [0.5, 0.6) is 0 Å². The van der Waals surface area contributed by atoms with Crippen LogP contribution in [-0.2, 0) is 0 Å². The quantitative estimate of drug-likeness (QED) is 0.165. The number of aliphatic hydroxyl groups is 1. The first kappa shape index (κ1) is 27.3. The number of halogens is 2. The molecule has 2 nitrogen and oxygen atoms in total. The topological polar surface area (TPSA) is 23.5 Å². The lowest BCUT2D eigenvalue weighted by Gasteiger charge is -2.26. The summed E-state index contributed by atoms with van der Waals surface area (Å²) in [5.74, 6) is 0. The molecule has 3 aromatic rings. The fourth-order valence-electron chi connectivity index (χ4n) is 4.87. The molecule has 0 bridgehead atoms. The van der Waals surface area contributed by atoms with Gasteiger partial charge in [0.05, 0.1) is 6.10 Å². The van der Waals surface area contributed by atoms with Crippen LogP contribution in [0.4, 0.5) is 0 Å². The lowest BCUT2D eigenvalue weighted by molar-refractivity contribution is 0.111. The van der Waals surface area contributed by atoms with E-state index in [0.717, 1.165) is 45.2 Å². The van der Waals surface area contributed by atoms with Crippen LogP contribution in [-0.4, -0.2) is 29.6 Å². The first-order valence-electron chi connectivity index (χ1n) is 13.3. The Morgan fingerprint density at radius 1 is 0.706 bits per heavy atom. The summed E-state index contributed by atoms with van der Waals surface area (Å²) >= 11 is 13.1. The summed E-state index contributed by atoms with van der Waals surface area (Å²) in [6.07, 6.45) is 12.1.